The fourth-order valence-corrected chi connectivity index (χ4v) is 4.01. The van der Waals surface area contributed by atoms with E-state index in [9.17, 15) is 9.18 Å². The van der Waals surface area contributed by atoms with Crippen molar-refractivity contribution in [1.82, 2.24) is 15.0 Å². The van der Waals surface area contributed by atoms with E-state index in [-0.39, 0.29) is 12.2 Å². The average molecular weight is 465 g/mol. The highest BCUT2D eigenvalue weighted by atomic mass is 19.1. The van der Waals surface area contributed by atoms with Crippen LogP contribution >= 0.6 is 0 Å². The van der Waals surface area contributed by atoms with E-state index in [1.807, 2.05) is 0 Å². The highest BCUT2D eigenvalue weighted by molar-refractivity contribution is 5.70. The third kappa shape index (κ3) is 7.13. The third-order valence-electron chi connectivity index (χ3n) is 5.84. The minimum Gasteiger partial charge on any atom is -0.481 e. The van der Waals surface area contributed by atoms with E-state index in [4.69, 9.17) is 5.11 Å². The summed E-state index contributed by atoms with van der Waals surface area (Å²) < 4.78 is 13.2. The van der Waals surface area contributed by atoms with E-state index < -0.39 is 5.97 Å². The Hall–Kier alpha value is -3.75. The summed E-state index contributed by atoms with van der Waals surface area (Å²) in [6, 6.07) is 13.4. The first-order chi connectivity index (χ1) is 16.5. The first kappa shape index (κ1) is 23.4. The molecule has 1 heterocycles. The maximum atomic E-state index is 13.2. The first-order valence-corrected chi connectivity index (χ1v) is 11.6. The van der Waals surface area contributed by atoms with Gasteiger partial charge in [0.25, 0.3) is 0 Å². The summed E-state index contributed by atoms with van der Waals surface area (Å²) in [5, 5.41) is 18.7. The number of anilines is 4. The quantitative estimate of drug-likeness (QED) is 0.332. The van der Waals surface area contributed by atoms with Gasteiger partial charge in [-0.25, -0.2) is 4.39 Å². The number of nitrogens with zero attached hydrogens (tertiary/aromatic N) is 3. The molecule has 1 aliphatic rings. The highest BCUT2D eigenvalue weighted by Crippen LogP contribution is 2.24. The molecule has 178 valence electrons. The largest absolute Gasteiger partial charge is 0.481 e. The molecule has 8 nitrogen and oxygen atoms in total. The van der Waals surface area contributed by atoms with Crippen molar-refractivity contribution in [3.63, 3.8) is 0 Å². The van der Waals surface area contributed by atoms with Crippen molar-refractivity contribution in [2.75, 3.05) is 22.5 Å². The Kier molecular flexibility index (Phi) is 7.85. The third-order valence-corrected chi connectivity index (χ3v) is 5.84. The van der Waals surface area contributed by atoms with Crippen LogP contribution in [-0.2, 0) is 17.8 Å². The zero-order valence-corrected chi connectivity index (χ0v) is 18.9. The molecule has 0 saturated heterocycles. The van der Waals surface area contributed by atoms with Gasteiger partial charge in [0.15, 0.2) is 0 Å². The van der Waals surface area contributed by atoms with E-state index in [0.29, 0.717) is 35.9 Å². The van der Waals surface area contributed by atoms with Gasteiger partial charge in [-0.05, 0) is 54.2 Å². The minimum atomic E-state index is -0.872. The molecule has 2 aromatic carbocycles. The SMILES string of the molecule is O=C(O)Cc1ccc(Nc2nc(NCc3ccc(F)cc3)nc(NCC3CCCCC3)n2)cc1. The summed E-state index contributed by atoms with van der Waals surface area (Å²) in [7, 11) is 0. The molecule has 0 bridgehead atoms. The second-order valence-electron chi connectivity index (χ2n) is 8.56. The summed E-state index contributed by atoms with van der Waals surface area (Å²) >= 11 is 0. The van der Waals surface area contributed by atoms with Gasteiger partial charge in [-0.3, -0.25) is 4.79 Å². The van der Waals surface area contributed by atoms with Crippen LogP contribution in [0.5, 0.6) is 0 Å². The molecule has 0 radical (unpaired) electrons. The lowest BCUT2D eigenvalue weighted by atomic mass is 9.89. The van der Waals surface area contributed by atoms with E-state index in [0.717, 1.165) is 17.8 Å². The number of hydrogen-bond donors (Lipinski definition) is 4. The van der Waals surface area contributed by atoms with E-state index in [2.05, 4.69) is 30.9 Å². The lowest BCUT2D eigenvalue weighted by Gasteiger charge is -2.21. The van der Waals surface area contributed by atoms with Gasteiger partial charge in [-0.2, -0.15) is 15.0 Å². The molecule has 1 fully saturated rings. The molecule has 0 spiro atoms. The summed E-state index contributed by atoms with van der Waals surface area (Å²) in [6.07, 6.45) is 6.22. The standard InChI is InChI=1S/C25H29FN6O2/c26-20-10-6-19(7-11-20)16-28-24-30-23(27-15-18-4-2-1-3-5-18)31-25(32-24)29-21-12-8-17(9-13-21)14-22(33)34/h6-13,18H,1-5,14-16H2,(H,33,34)(H3,27,28,29,30,31,32). The van der Waals surface area contributed by atoms with Gasteiger partial charge >= 0.3 is 5.97 Å². The van der Waals surface area contributed by atoms with Gasteiger partial charge in [0.05, 0.1) is 6.42 Å². The number of halogens is 1. The number of carbonyl (C=O) groups is 1. The number of aromatic nitrogens is 3. The Morgan fingerprint density at radius 3 is 2.15 bits per heavy atom. The van der Waals surface area contributed by atoms with Gasteiger partial charge in [-0.15, -0.1) is 0 Å². The molecule has 1 saturated carbocycles. The molecule has 1 aromatic heterocycles. The molecule has 3 aromatic rings. The Labute approximate surface area is 198 Å². The summed E-state index contributed by atoms with van der Waals surface area (Å²) in [5.74, 6) is 0.707. The lowest BCUT2D eigenvalue weighted by molar-refractivity contribution is -0.136. The fourth-order valence-electron chi connectivity index (χ4n) is 4.01. The topological polar surface area (TPSA) is 112 Å². The average Bonchev–Trinajstić information content (AvgIpc) is 2.84. The number of hydrogen-bond acceptors (Lipinski definition) is 7. The number of rotatable bonds is 10. The van der Waals surface area contributed by atoms with E-state index in [1.165, 1.54) is 44.2 Å². The molecule has 4 rings (SSSR count). The van der Waals surface area contributed by atoms with Gasteiger partial charge in [0, 0.05) is 18.8 Å². The van der Waals surface area contributed by atoms with Crippen molar-refractivity contribution in [2.45, 2.75) is 45.1 Å². The number of aliphatic carboxylic acids is 1. The number of carboxylic acids is 1. The van der Waals surface area contributed by atoms with Crippen LogP contribution in [0.15, 0.2) is 48.5 Å². The van der Waals surface area contributed by atoms with Crippen LogP contribution in [0.4, 0.5) is 27.9 Å². The van der Waals surface area contributed by atoms with Gasteiger partial charge in [0.2, 0.25) is 17.8 Å². The molecule has 0 unspecified atom stereocenters. The molecule has 0 aliphatic heterocycles. The van der Waals surface area contributed by atoms with Crippen molar-refractivity contribution in [3.8, 4) is 0 Å². The maximum absolute atomic E-state index is 13.2. The molecule has 0 atom stereocenters. The number of benzene rings is 2. The maximum Gasteiger partial charge on any atom is 0.307 e. The zero-order chi connectivity index (χ0) is 23.8. The Morgan fingerprint density at radius 1 is 0.853 bits per heavy atom. The van der Waals surface area contributed by atoms with Crippen molar-refractivity contribution in [1.29, 1.82) is 0 Å². The second kappa shape index (κ2) is 11.4. The molecule has 9 heteroatoms. The van der Waals surface area contributed by atoms with Crippen LogP contribution < -0.4 is 16.0 Å². The monoisotopic (exact) mass is 464 g/mol. The second-order valence-corrected chi connectivity index (χ2v) is 8.56. The Morgan fingerprint density at radius 2 is 1.47 bits per heavy atom. The van der Waals surface area contributed by atoms with Crippen LogP contribution in [0, 0.1) is 11.7 Å². The van der Waals surface area contributed by atoms with E-state index >= 15 is 0 Å². The summed E-state index contributed by atoms with van der Waals surface area (Å²) in [4.78, 5) is 24.4. The molecule has 0 amide bonds. The van der Waals surface area contributed by atoms with Crippen LogP contribution in [0.25, 0.3) is 0 Å². The molecular weight excluding hydrogens is 435 g/mol. The molecule has 1 aliphatic carbocycles. The normalized spacial score (nSPS) is 13.9. The van der Waals surface area contributed by atoms with Crippen molar-refractivity contribution in [2.24, 2.45) is 5.92 Å². The lowest BCUT2D eigenvalue weighted by Crippen LogP contribution is -2.19. The van der Waals surface area contributed by atoms with Crippen LogP contribution in [-0.4, -0.2) is 32.6 Å². The summed E-state index contributed by atoms with van der Waals surface area (Å²) in [5.41, 5.74) is 2.36. The summed E-state index contributed by atoms with van der Waals surface area (Å²) in [6.45, 7) is 1.25. The molecule has 34 heavy (non-hydrogen) atoms. The van der Waals surface area contributed by atoms with Crippen LogP contribution in [0.2, 0.25) is 0 Å². The number of nitrogens with one attached hydrogen (secondary N) is 3. The van der Waals surface area contributed by atoms with Gasteiger partial charge in [-0.1, -0.05) is 43.5 Å². The van der Waals surface area contributed by atoms with Crippen molar-refractivity contribution >= 4 is 29.5 Å². The zero-order valence-electron chi connectivity index (χ0n) is 18.9. The van der Waals surface area contributed by atoms with Gasteiger partial charge in [0.1, 0.15) is 5.82 Å². The van der Waals surface area contributed by atoms with Gasteiger partial charge < -0.3 is 21.1 Å². The minimum absolute atomic E-state index is 0.0290. The molecular formula is C25H29FN6O2. The predicted molar refractivity (Wildman–Crippen MR) is 130 cm³/mol. The van der Waals surface area contributed by atoms with E-state index in [1.54, 1.807) is 36.4 Å². The molecule has 4 N–H and O–H groups in total. The van der Waals surface area contributed by atoms with Crippen molar-refractivity contribution < 1.29 is 14.3 Å². The smallest absolute Gasteiger partial charge is 0.307 e. The Bertz CT molecular complexity index is 1090. The van der Waals surface area contributed by atoms with Crippen molar-refractivity contribution in [3.05, 3.63) is 65.5 Å². The first-order valence-electron chi connectivity index (χ1n) is 11.6. The highest BCUT2D eigenvalue weighted by Gasteiger charge is 2.14. The fraction of sp³-hybridized carbons (Fsp3) is 0.360. The van der Waals surface area contributed by atoms with Crippen LogP contribution in [0.3, 0.4) is 0 Å². The number of carboxylic acid groups (broad SMARTS) is 1. The Balaban J connectivity index is 1.47. The predicted octanol–water partition coefficient (Wildman–Crippen LogP) is 4.99. The van der Waals surface area contributed by atoms with Crippen LogP contribution in [0.1, 0.15) is 43.2 Å².